The number of benzene rings is 2. The second-order valence-corrected chi connectivity index (χ2v) is 4.97. The Hall–Kier alpha value is -2.82. The summed E-state index contributed by atoms with van der Waals surface area (Å²) in [6, 6.07) is 14.5. The molecule has 0 bridgehead atoms. The van der Waals surface area contributed by atoms with Gasteiger partial charge in [-0.2, -0.15) is 0 Å². The van der Waals surface area contributed by atoms with Gasteiger partial charge < -0.3 is 15.7 Å². The van der Waals surface area contributed by atoms with Crippen molar-refractivity contribution in [2.75, 3.05) is 11.9 Å². The number of phenolic OH excluding ortho intramolecular Hbond substituents is 1. The second kappa shape index (κ2) is 7.26. The van der Waals surface area contributed by atoms with Crippen LogP contribution in [0.5, 0.6) is 5.75 Å². The normalized spacial score (nSPS) is 10.0. The Balaban J connectivity index is 1.83. The maximum absolute atomic E-state index is 11.8. The van der Waals surface area contributed by atoms with Crippen molar-refractivity contribution in [3.05, 3.63) is 59.7 Å². The van der Waals surface area contributed by atoms with Crippen molar-refractivity contribution in [3.63, 3.8) is 0 Å². The van der Waals surface area contributed by atoms with Crippen LogP contribution in [0.25, 0.3) is 0 Å². The van der Waals surface area contributed by atoms with Crippen LogP contribution in [0.3, 0.4) is 0 Å². The summed E-state index contributed by atoms with van der Waals surface area (Å²) >= 11 is 0. The zero-order valence-corrected chi connectivity index (χ0v) is 12.3. The van der Waals surface area contributed by atoms with Gasteiger partial charge in [0.1, 0.15) is 5.75 Å². The quantitative estimate of drug-likeness (QED) is 0.597. The molecule has 114 valence electrons. The van der Waals surface area contributed by atoms with E-state index in [0.29, 0.717) is 13.0 Å². The number of amides is 2. The minimum absolute atomic E-state index is 0.0644. The van der Waals surface area contributed by atoms with Gasteiger partial charge in [-0.3, -0.25) is 9.59 Å². The highest BCUT2D eigenvalue weighted by Crippen LogP contribution is 2.23. The Morgan fingerprint density at radius 2 is 1.77 bits per heavy atom. The van der Waals surface area contributed by atoms with Gasteiger partial charge in [-0.05, 0) is 36.6 Å². The van der Waals surface area contributed by atoms with E-state index >= 15 is 0 Å². The van der Waals surface area contributed by atoms with Crippen LogP contribution in [0.2, 0.25) is 0 Å². The molecule has 2 amide bonds. The van der Waals surface area contributed by atoms with Crippen LogP contribution < -0.4 is 10.6 Å². The van der Waals surface area contributed by atoms with E-state index < -0.39 is 11.8 Å². The molecule has 0 fully saturated rings. The SMILES string of the molecule is Cc1ccc(NC(=O)C(=O)NCCc2ccccc2)c(O)c1. The van der Waals surface area contributed by atoms with Crippen LogP contribution in [0.15, 0.2) is 48.5 Å². The van der Waals surface area contributed by atoms with E-state index in [-0.39, 0.29) is 11.4 Å². The van der Waals surface area contributed by atoms with Crippen molar-refractivity contribution in [2.45, 2.75) is 13.3 Å². The van der Waals surface area contributed by atoms with Crippen LogP contribution in [-0.2, 0) is 16.0 Å². The Bertz CT molecular complexity index is 669. The van der Waals surface area contributed by atoms with Crippen LogP contribution >= 0.6 is 0 Å². The first-order chi connectivity index (χ1) is 10.6. The average molecular weight is 298 g/mol. The number of anilines is 1. The van der Waals surface area contributed by atoms with Gasteiger partial charge in [-0.25, -0.2) is 0 Å². The molecule has 2 rings (SSSR count). The molecule has 0 aliphatic rings. The first kappa shape index (κ1) is 15.6. The third-order valence-electron chi connectivity index (χ3n) is 3.15. The third-order valence-corrected chi connectivity index (χ3v) is 3.15. The van der Waals surface area contributed by atoms with Gasteiger partial charge in [0.25, 0.3) is 0 Å². The fourth-order valence-electron chi connectivity index (χ4n) is 1.97. The molecular formula is C17H18N2O3. The number of aromatic hydroxyl groups is 1. The highest BCUT2D eigenvalue weighted by atomic mass is 16.3. The topological polar surface area (TPSA) is 78.4 Å². The predicted molar refractivity (Wildman–Crippen MR) is 84.6 cm³/mol. The van der Waals surface area contributed by atoms with Gasteiger partial charge in [0.2, 0.25) is 0 Å². The molecule has 5 heteroatoms. The summed E-state index contributed by atoms with van der Waals surface area (Å²) in [5, 5.41) is 14.6. The van der Waals surface area contributed by atoms with Crippen molar-refractivity contribution < 1.29 is 14.7 Å². The number of carbonyl (C=O) groups is 2. The number of rotatable bonds is 4. The van der Waals surface area contributed by atoms with E-state index in [0.717, 1.165) is 11.1 Å². The van der Waals surface area contributed by atoms with Gasteiger partial charge in [0.15, 0.2) is 0 Å². The Kier molecular flexibility index (Phi) is 5.14. The minimum atomic E-state index is -0.799. The minimum Gasteiger partial charge on any atom is -0.506 e. The summed E-state index contributed by atoms with van der Waals surface area (Å²) in [7, 11) is 0. The van der Waals surface area contributed by atoms with E-state index in [1.54, 1.807) is 12.1 Å². The van der Waals surface area contributed by atoms with E-state index in [9.17, 15) is 14.7 Å². The molecule has 2 aromatic carbocycles. The zero-order chi connectivity index (χ0) is 15.9. The van der Waals surface area contributed by atoms with Crippen LogP contribution in [0.1, 0.15) is 11.1 Å². The molecule has 0 unspecified atom stereocenters. The zero-order valence-electron chi connectivity index (χ0n) is 12.3. The molecule has 0 saturated heterocycles. The maximum atomic E-state index is 11.8. The lowest BCUT2D eigenvalue weighted by Gasteiger charge is -2.08. The van der Waals surface area contributed by atoms with E-state index in [2.05, 4.69) is 10.6 Å². The second-order valence-electron chi connectivity index (χ2n) is 4.97. The first-order valence-corrected chi connectivity index (χ1v) is 6.99. The molecule has 0 atom stereocenters. The summed E-state index contributed by atoms with van der Waals surface area (Å²) in [4.78, 5) is 23.5. The predicted octanol–water partition coefficient (Wildman–Crippen LogP) is 2.00. The number of carbonyl (C=O) groups excluding carboxylic acids is 2. The molecule has 0 aliphatic carbocycles. The van der Waals surface area contributed by atoms with Crippen molar-refractivity contribution in [1.82, 2.24) is 5.32 Å². The Morgan fingerprint density at radius 1 is 1.05 bits per heavy atom. The summed E-state index contributed by atoms with van der Waals surface area (Å²) in [6.07, 6.45) is 0.648. The fraction of sp³-hybridized carbons (Fsp3) is 0.176. The molecule has 0 heterocycles. The summed E-state index contributed by atoms with van der Waals surface area (Å²) in [5.74, 6) is -1.59. The number of phenols is 1. The summed E-state index contributed by atoms with van der Waals surface area (Å²) < 4.78 is 0. The lowest BCUT2D eigenvalue weighted by atomic mass is 10.1. The van der Waals surface area contributed by atoms with Gasteiger partial charge in [-0.15, -0.1) is 0 Å². The molecule has 2 aromatic rings. The van der Waals surface area contributed by atoms with Crippen LogP contribution in [0, 0.1) is 6.92 Å². The van der Waals surface area contributed by atoms with Gasteiger partial charge >= 0.3 is 11.8 Å². The molecular weight excluding hydrogens is 280 g/mol. The number of aryl methyl sites for hydroxylation is 1. The molecule has 0 radical (unpaired) electrons. The number of hydrogen-bond acceptors (Lipinski definition) is 3. The monoisotopic (exact) mass is 298 g/mol. The average Bonchev–Trinajstić information content (AvgIpc) is 2.51. The molecule has 0 aromatic heterocycles. The fourth-order valence-corrected chi connectivity index (χ4v) is 1.97. The first-order valence-electron chi connectivity index (χ1n) is 6.99. The number of hydrogen-bond donors (Lipinski definition) is 3. The molecule has 0 spiro atoms. The lowest BCUT2D eigenvalue weighted by Crippen LogP contribution is -2.36. The maximum Gasteiger partial charge on any atom is 0.313 e. The Labute approximate surface area is 129 Å². The third kappa shape index (κ3) is 4.34. The largest absolute Gasteiger partial charge is 0.506 e. The van der Waals surface area contributed by atoms with Gasteiger partial charge in [-0.1, -0.05) is 36.4 Å². The highest BCUT2D eigenvalue weighted by molar-refractivity contribution is 6.39. The van der Waals surface area contributed by atoms with Crippen molar-refractivity contribution >= 4 is 17.5 Å². The van der Waals surface area contributed by atoms with Crippen molar-refractivity contribution in [3.8, 4) is 5.75 Å². The smallest absolute Gasteiger partial charge is 0.313 e. The van der Waals surface area contributed by atoms with E-state index in [4.69, 9.17) is 0 Å². The molecule has 5 nitrogen and oxygen atoms in total. The Morgan fingerprint density at radius 3 is 2.45 bits per heavy atom. The van der Waals surface area contributed by atoms with Crippen molar-refractivity contribution in [2.24, 2.45) is 0 Å². The van der Waals surface area contributed by atoms with Crippen molar-refractivity contribution in [1.29, 1.82) is 0 Å². The van der Waals surface area contributed by atoms with Crippen LogP contribution in [0.4, 0.5) is 5.69 Å². The number of nitrogens with one attached hydrogen (secondary N) is 2. The summed E-state index contributed by atoms with van der Waals surface area (Å²) in [6.45, 7) is 2.19. The van der Waals surface area contributed by atoms with Crippen LogP contribution in [-0.4, -0.2) is 23.5 Å². The highest BCUT2D eigenvalue weighted by Gasteiger charge is 2.14. The lowest BCUT2D eigenvalue weighted by molar-refractivity contribution is -0.136. The van der Waals surface area contributed by atoms with Gasteiger partial charge in [0.05, 0.1) is 5.69 Å². The molecule has 3 N–H and O–H groups in total. The molecule has 0 saturated carbocycles. The van der Waals surface area contributed by atoms with E-state index in [1.165, 1.54) is 6.07 Å². The molecule has 22 heavy (non-hydrogen) atoms. The van der Waals surface area contributed by atoms with E-state index in [1.807, 2.05) is 37.3 Å². The summed E-state index contributed by atoms with van der Waals surface area (Å²) in [5.41, 5.74) is 2.16. The molecule has 0 aliphatic heterocycles. The van der Waals surface area contributed by atoms with Gasteiger partial charge in [0, 0.05) is 6.54 Å². The standard InChI is InChI=1S/C17H18N2O3/c1-12-7-8-14(15(20)11-12)19-17(22)16(21)18-10-9-13-5-3-2-4-6-13/h2-8,11,20H,9-10H2,1H3,(H,18,21)(H,19,22).